The van der Waals surface area contributed by atoms with E-state index in [2.05, 4.69) is 159 Å². The zero-order valence-electron chi connectivity index (χ0n) is 65.2. The summed E-state index contributed by atoms with van der Waals surface area (Å²) >= 11 is 0. The Hall–Kier alpha value is -8.15. The molecule has 1 atom stereocenters. The molecule has 452 valence electrons. The maximum absolute atomic E-state index is 8.19. The number of hydrogen-bond donors (Lipinski definition) is 0. The van der Waals surface area contributed by atoms with E-state index in [9.17, 15) is 0 Å². The zero-order valence-corrected chi connectivity index (χ0v) is 55.2. The molecule has 10 rings (SSSR count). The van der Waals surface area contributed by atoms with Crippen LogP contribution in [0.2, 0.25) is 0 Å². The van der Waals surface area contributed by atoms with Gasteiger partial charge in [-0.25, -0.2) is 22.8 Å². The van der Waals surface area contributed by atoms with Crippen LogP contribution in [0.3, 0.4) is 0 Å². The largest absolute Gasteiger partial charge is 0.212 e. The quantitative estimate of drug-likeness (QED) is 0.0967. The molecule has 0 fully saturated rings. The Morgan fingerprint density at radius 3 is 1.13 bits per heavy atom. The van der Waals surface area contributed by atoms with E-state index in [0.29, 0.717) is 12.8 Å². The topological polar surface area (TPSA) is 19.4 Å². The van der Waals surface area contributed by atoms with Crippen molar-refractivity contribution in [1.82, 2.24) is 0 Å². The number of aryl methyl sites for hydroxylation is 13. The van der Waals surface area contributed by atoms with E-state index in [4.69, 9.17) is 13.7 Å². The van der Waals surface area contributed by atoms with Gasteiger partial charge in [0.15, 0.2) is 31.0 Å². The van der Waals surface area contributed by atoms with Crippen LogP contribution in [0.25, 0.3) is 56.3 Å². The monoisotopic (exact) mass is 1170 g/mol. The van der Waals surface area contributed by atoms with E-state index in [-0.39, 0.29) is 18.3 Å². The van der Waals surface area contributed by atoms with Gasteiger partial charge in [-0.05, 0) is 180 Å². The highest BCUT2D eigenvalue weighted by Gasteiger charge is 2.17. The van der Waals surface area contributed by atoms with Gasteiger partial charge in [0.25, 0.3) is 0 Å². The van der Waals surface area contributed by atoms with Gasteiger partial charge in [0.05, 0.1) is 0 Å². The normalized spacial score (nSPS) is 13.8. The summed E-state index contributed by atoms with van der Waals surface area (Å²) in [4.78, 5) is 0. The van der Waals surface area contributed by atoms with Crippen LogP contribution >= 0.6 is 0 Å². The average molecular weight is 1170 g/mol. The van der Waals surface area contributed by atoms with Crippen LogP contribution in [0.15, 0.2) is 213 Å². The van der Waals surface area contributed by atoms with Crippen molar-refractivity contribution in [2.75, 3.05) is 0 Å². The van der Waals surface area contributed by atoms with Gasteiger partial charge < -0.3 is 0 Å². The SMILES string of the molecule is Cc1ccc(-c2cccc[n+]2C)c(C)c1.[2H]C([2H])(C)Cc1ccc(-c2ccccc2C)[n+](C)c1.[2H]C([2H])(Cc1ccc(-c2ccccc2C)[n+](C)c1)C(C)C.[2H]C([2H])([2H])C([2H])(C)Cc1ccc(-c2ccccc2C)[n+](C)c1.[2H]C([2H])(c1ccc(-c2ccccc2C)[n+](C)c1)C(C)C. The molecule has 5 heteroatoms. The van der Waals surface area contributed by atoms with E-state index in [1.165, 1.54) is 68.3 Å². The Morgan fingerprint density at radius 1 is 0.379 bits per heavy atom. The van der Waals surface area contributed by atoms with Crippen molar-refractivity contribution >= 4 is 0 Å². The molecular formula is C82H104N5+5. The highest BCUT2D eigenvalue weighted by molar-refractivity contribution is 5.64. The molecule has 87 heavy (non-hydrogen) atoms. The van der Waals surface area contributed by atoms with E-state index >= 15 is 0 Å². The predicted octanol–water partition coefficient (Wildman–Crippen LogP) is 17.7. The van der Waals surface area contributed by atoms with Crippen molar-refractivity contribution in [3.05, 3.63) is 269 Å². The number of aromatic nitrogens is 5. The first kappa shape index (κ1) is 54.3. The van der Waals surface area contributed by atoms with Crippen LogP contribution in [0.4, 0.5) is 0 Å². The lowest BCUT2D eigenvalue weighted by Gasteiger charge is -2.07. The van der Waals surface area contributed by atoms with Gasteiger partial charge in [-0.1, -0.05) is 145 Å². The third-order valence-corrected chi connectivity index (χ3v) is 15.1. The van der Waals surface area contributed by atoms with Crippen molar-refractivity contribution in [2.45, 2.75) is 128 Å². The third kappa shape index (κ3) is 20.5. The molecule has 0 aliphatic heterocycles. The molecule has 5 aromatic carbocycles. The fraction of sp³-hybridized carbons (Fsp3) is 0.329. The van der Waals surface area contributed by atoms with Crippen molar-refractivity contribution in [2.24, 2.45) is 53.0 Å². The van der Waals surface area contributed by atoms with Crippen LogP contribution in [-0.4, -0.2) is 0 Å². The standard InChI is InChI=1S/C18H24N.2C17H22N.C16H20N.C14H16N/c1-14(2)9-10-16-11-12-18(19(4)13-16)17-8-6-5-7-15(17)3;2*1-13(2)11-15-9-10-17(18(4)12-15)16-8-6-5-7-14(16)3;1-4-7-14-10-11-16(17(3)12-14)15-9-6-5-8-13(15)2;1-11-7-8-13(12(2)10-11)14-6-4-5-9-15(14)3/h5-8,11-14H,9-10H2,1-4H3;2*5-10,12-13H,11H2,1-4H3;5-6,8-12H,4,7H2,1-3H3;4-10H,1-3H3/q5*+1/i9D2;1D3,13D;11D2;4D2;. The van der Waals surface area contributed by atoms with E-state index < -0.39 is 31.9 Å². The van der Waals surface area contributed by atoms with Crippen molar-refractivity contribution in [1.29, 1.82) is 0 Å². The molecule has 0 bridgehead atoms. The minimum atomic E-state index is -2.29. The van der Waals surface area contributed by atoms with Gasteiger partial charge in [0, 0.05) is 100 Å². The van der Waals surface area contributed by atoms with Crippen LogP contribution in [-0.2, 0) is 60.9 Å². The second-order valence-electron chi connectivity index (χ2n) is 23.6. The first-order chi connectivity index (χ1) is 45.3. The zero-order chi connectivity index (χ0) is 72.0. The highest BCUT2D eigenvalue weighted by Crippen LogP contribution is 2.25. The van der Waals surface area contributed by atoms with Crippen LogP contribution in [0.5, 0.6) is 0 Å². The molecule has 0 saturated carbocycles. The molecule has 0 spiro atoms. The summed E-state index contributed by atoms with van der Waals surface area (Å²) in [5.41, 5.74) is 23.0. The summed E-state index contributed by atoms with van der Waals surface area (Å²) in [5, 5.41) is 0. The molecule has 0 amide bonds. The number of hydrogen-bond acceptors (Lipinski definition) is 0. The Labute approximate surface area is 540 Å². The van der Waals surface area contributed by atoms with Gasteiger partial charge in [-0.3, -0.25) is 0 Å². The lowest BCUT2D eigenvalue weighted by Crippen LogP contribution is -2.31. The smallest absolute Gasteiger partial charge is 0.201 e. The molecule has 0 N–H and O–H groups in total. The van der Waals surface area contributed by atoms with Gasteiger partial charge in [0.2, 0.25) is 28.5 Å². The van der Waals surface area contributed by atoms with Crippen molar-refractivity contribution in [3.8, 4) is 56.3 Å². The van der Waals surface area contributed by atoms with Crippen molar-refractivity contribution in [3.63, 3.8) is 0 Å². The molecule has 5 nitrogen and oxygen atoms in total. The predicted molar refractivity (Wildman–Crippen MR) is 368 cm³/mol. The Morgan fingerprint density at radius 2 is 0.747 bits per heavy atom. The first-order valence-electron chi connectivity index (χ1n) is 35.5. The third-order valence-electron chi connectivity index (χ3n) is 15.1. The Kier molecular flexibility index (Phi) is 21.0. The summed E-state index contributed by atoms with van der Waals surface area (Å²) in [6.45, 7) is 21.1. The molecule has 1 unspecified atom stereocenters. The Bertz CT molecular complexity index is 4260. The molecular weight excluding hydrogens is 1050 g/mol. The molecule has 5 heterocycles. The number of benzene rings is 5. The van der Waals surface area contributed by atoms with Gasteiger partial charge in [0.1, 0.15) is 35.2 Å². The highest BCUT2D eigenvalue weighted by atomic mass is 14.9. The molecule has 0 saturated heterocycles. The van der Waals surface area contributed by atoms with Gasteiger partial charge in [-0.2, -0.15) is 0 Å². The number of pyridine rings is 5. The van der Waals surface area contributed by atoms with E-state index in [1.54, 1.807) is 6.92 Å². The molecule has 10 aromatic rings. The number of rotatable bonds is 14. The summed E-state index contributed by atoms with van der Waals surface area (Å²) in [6.07, 6.45) is 7.41. The minimum Gasteiger partial charge on any atom is -0.201 e. The summed E-state index contributed by atoms with van der Waals surface area (Å²) in [6, 6.07) is 62.0. The summed E-state index contributed by atoms with van der Waals surface area (Å²) in [5.74, 6) is -1.52. The molecule has 0 aliphatic rings. The fourth-order valence-corrected chi connectivity index (χ4v) is 10.6. The van der Waals surface area contributed by atoms with E-state index in [0.717, 1.165) is 50.6 Å². The number of nitrogens with zero attached hydrogens (tertiary/aromatic N) is 5. The minimum absolute atomic E-state index is 0.0128. The maximum Gasteiger partial charge on any atom is 0.212 e. The fourth-order valence-electron chi connectivity index (χ4n) is 10.6. The average Bonchev–Trinajstić information content (AvgIpc) is 0.824. The molecule has 5 aromatic heterocycles. The van der Waals surface area contributed by atoms with Crippen LogP contribution in [0, 0.1) is 59.3 Å². The molecule has 0 radical (unpaired) electrons. The second-order valence-corrected chi connectivity index (χ2v) is 23.6. The van der Waals surface area contributed by atoms with Gasteiger partial charge >= 0.3 is 0 Å². The van der Waals surface area contributed by atoms with E-state index in [1.807, 2.05) is 181 Å². The maximum atomic E-state index is 8.19. The first-order valence-corrected chi connectivity index (χ1v) is 30.5. The Balaban J connectivity index is 0.000000192. The molecule has 0 aliphatic carbocycles. The van der Waals surface area contributed by atoms with Crippen LogP contribution < -0.4 is 22.8 Å². The summed E-state index contributed by atoms with van der Waals surface area (Å²) < 4.78 is 88.7. The van der Waals surface area contributed by atoms with Crippen molar-refractivity contribution < 1.29 is 36.5 Å². The lowest BCUT2D eigenvalue weighted by atomic mass is 10.0. The van der Waals surface area contributed by atoms with Gasteiger partial charge in [-0.15, -0.1) is 0 Å². The lowest BCUT2D eigenvalue weighted by molar-refractivity contribution is -0.661. The van der Waals surface area contributed by atoms with Crippen LogP contribution in [0.1, 0.15) is 130 Å². The second kappa shape index (κ2) is 33.7. The summed E-state index contributed by atoms with van der Waals surface area (Å²) in [7, 11) is 10.0.